The first-order valence-corrected chi connectivity index (χ1v) is 16.0. The first-order valence-electron chi connectivity index (χ1n) is 14.1. The van der Waals surface area contributed by atoms with Crippen LogP contribution in [0.3, 0.4) is 0 Å². The fourth-order valence-corrected chi connectivity index (χ4v) is 5.68. The second-order valence-electron chi connectivity index (χ2n) is 10.7. The maximum absolute atomic E-state index is 12.7. The second kappa shape index (κ2) is 15.6. The van der Waals surface area contributed by atoms with Crippen molar-refractivity contribution in [1.29, 1.82) is 0 Å². The molecule has 0 spiro atoms. The Morgan fingerprint density at radius 1 is 1.00 bits per heavy atom. The number of primary amides is 1. The van der Waals surface area contributed by atoms with Gasteiger partial charge in [0.05, 0.1) is 6.26 Å². The Morgan fingerprint density at radius 2 is 1.67 bits per heavy atom. The number of carbonyl (C=O) groups excluding carboxylic acids is 2. The highest BCUT2D eigenvalue weighted by molar-refractivity contribution is 7.92. The van der Waals surface area contributed by atoms with Crippen molar-refractivity contribution in [2.75, 3.05) is 22.8 Å². The van der Waals surface area contributed by atoms with Crippen LogP contribution in [0.4, 0.5) is 16.2 Å². The van der Waals surface area contributed by atoms with Crippen molar-refractivity contribution in [2.24, 2.45) is 5.73 Å². The molecule has 3 amide bonds. The Bertz CT molecular complexity index is 1470. The number of nitrogens with two attached hydrogens (primary N) is 1. The molecule has 2 unspecified atom stereocenters. The van der Waals surface area contributed by atoms with E-state index in [9.17, 15) is 18.0 Å². The number of ether oxygens (including phenoxy) is 1. The summed E-state index contributed by atoms with van der Waals surface area (Å²) in [5.74, 6) is 0.768. The fraction of sp³-hybridized carbons (Fsp3) is 0.355. The van der Waals surface area contributed by atoms with E-state index in [1.807, 2.05) is 12.1 Å². The lowest BCUT2D eigenvalue weighted by atomic mass is 9.93. The summed E-state index contributed by atoms with van der Waals surface area (Å²) in [6.07, 6.45) is 6.09. The molecule has 232 valence electrons. The molecule has 0 bridgehead atoms. The molecule has 12 heteroatoms. The number of benzene rings is 3. The van der Waals surface area contributed by atoms with Crippen LogP contribution in [0.25, 0.3) is 0 Å². The monoisotopic (exact) mass is 629 g/mol. The molecular formula is C31H40ClN5O5S. The maximum atomic E-state index is 12.7. The molecule has 1 heterocycles. The first kappa shape index (κ1) is 33.7. The Morgan fingerprint density at radius 3 is 2.30 bits per heavy atom. The van der Waals surface area contributed by atoms with Crippen LogP contribution in [0.1, 0.15) is 54.9 Å². The van der Waals surface area contributed by atoms with Crippen molar-refractivity contribution in [3.63, 3.8) is 0 Å². The van der Waals surface area contributed by atoms with Crippen molar-refractivity contribution >= 4 is 45.7 Å². The van der Waals surface area contributed by atoms with Crippen molar-refractivity contribution < 1.29 is 22.7 Å². The summed E-state index contributed by atoms with van der Waals surface area (Å²) in [6.45, 7) is 3.85. The van der Waals surface area contributed by atoms with E-state index >= 15 is 0 Å². The van der Waals surface area contributed by atoms with Crippen LogP contribution >= 0.6 is 12.4 Å². The number of urea groups is 1. The molecule has 43 heavy (non-hydrogen) atoms. The standard InChI is InChI=1S/C31H39N5O5S.ClH/c1-3-4-8-27-20-26(34-31(38)33-25-7-5-6-23(19-25)30(32)37)17-18-36(27)21-22-9-13-28(14-10-22)41-29-15-11-24(12-16-29)35-42(2,39)40;/h5-7,9-16,19,26-27,35H,3-4,8,17-18,20-21H2,1-2H3,(H2,32,37)(H2,33,34,38);1H. The number of carbonyl (C=O) groups is 2. The van der Waals surface area contributed by atoms with E-state index in [1.54, 1.807) is 48.5 Å². The normalized spacial score (nSPS) is 16.9. The van der Waals surface area contributed by atoms with Gasteiger partial charge in [-0.2, -0.15) is 0 Å². The quantitative estimate of drug-likeness (QED) is 0.202. The number of nitrogens with zero attached hydrogens (tertiary/aromatic N) is 1. The number of halogens is 1. The van der Waals surface area contributed by atoms with Crippen LogP contribution in [-0.4, -0.2) is 50.1 Å². The minimum Gasteiger partial charge on any atom is -0.457 e. The molecule has 3 aromatic rings. The Kier molecular flexibility index (Phi) is 12.2. The van der Waals surface area contributed by atoms with Gasteiger partial charge in [0.2, 0.25) is 15.9 Å². The zero-order valence-corrected chi connectivity index (χ0v) is 26.0. The van der Waals surface area contributed by atoms with E-state index in [0.29, 0.717) is 34.5 Å². The van der Waals surface area contributed by atoms with Crippen LogP contribution < -0.4 is 25.8 Å². The van der Waals surface area contributed by atoms with Gasteiger partial charge in [-0.25, -0.2) is 13.2 Å². The Balaban J connectivity index is 0.00000506. The number of piperidine rings is 1. The van der Waals surface area contributed by atoms with Gasteiger partial charge in [-0.05, 0) is 79.4 Å². The van der Waals surface area contributed by atoms with E-state index in [-0.39, 0.29) is 24.5 Å². The molecule has 0 saturated carbocycles. The summed E-state index contributed by atoms with van der Waals surface area (Å²) in [5.41, 5.74) is 7.88. The minimum atomic E-state index is -3.33. The second-order valence-corrected chi connectivity index (χ2v) is 12.4. The summed E-state index contributed by atoms with van der Waals surface area (Å²) in [5, 5.41) is 5.93. The van der Waals surface area contributed by atoms with Crippen molar-refractivity contribution in [3.8, 4) is 11.5 Å². The molecule has 4 rings (SSSR count). The molecular weight excluding hydrogens is 590 g/mol. The summed E-state index contributed by atoms with van der Waals surface area (Å²) >= 11 is 0. The number of nitrogens with one attached hydrogen (secondary N) is 3. The average molecular weight is 630 g/mol. The lowest BCUT2D eigenvalue weighted by molar-refractivity contribution is 0.1000. The number of sulfonamides is 1. The largest absolute Gasteiger partial charge is 0.457 e. The molecule has 10 nitrogen and oxygen atoms in total. The van der Waals surface area contributed by atoms with Crippen LogP contribution in [0.15, 0.2) is 72.8 Å². The van der Waals surface area contributed by atoms with E-state index in [0.717, 1.165) is 51.4 Å². The number of unbranched alkanes of at least 4 members (excludes halogenated alkanes) is 1. The van der Waals surface area contributed by atoms with E-state index in [2.05, 4.69) is 39.3 Å². The molecule has 1 fully saturated rings. The number of hydrogen-bond donors (Lipinski definition) is 4. The molecule has 1 aliphatic rings. The van der Waals surface area contributed by atoms with Crippen LogP contribution in [0.5, 0.6) is 11.5 Å². The van der Waals surface area contributed by atoms with Crippen molar-refractivity contribution in [1.82, 2.24) is 10.2 Å². The first-order chi connectivity index (χ1) is 20.1. The van der Waals surface area contributed by atoms with Gasteiger partial charge in [-0.15, -0.1) is 12.4 Å². The van der Waals surface area contributed by atoms with Gasteiger partial charge in [-0.3, -0.25) is 14.4 Å². The third-order valence-electron chi connectivity index (χ3n) is 7.17. The van der Waals surface area contributed by atoms with Crippen LogP contribution in [0.2, 0.25) is 0 Å². The van der Waals surface area contributed by atoms with Gasteiger partial charge in [0.15, 0.2) is 0 Å². The van der Waals surface area contributed by atoms with Crippen molar-refractivity contribution in [2.45, 2.75) is 57.7 Å². The average Bonchev–Trinajstić information content (AvgIpc) is 2.94. The van der Waals surface area contributed by atoms with E-state index in [1.165, 1.54) is 5.56 Å². The number of anilines is 2. The third-order valence-corrected chi connectivity index (χ3v) is 7.78. The van der Waals surface area contributed by atoms with Gasteiger partial charge in [0, 0.05) is 42.1 Å². The number of amides is 3. The van der Waals surface area contributed by atoms with Gasteiger partial charge >= 0.3 is 6.03 Å². The molecule has 1 aliphatic heterocycles. The van der Waals surface area contributed by atoms with E-state index < -0.39 is 15.9 Å². The lowest BCUT2D eigenvalue weighted by Gasteiger charge is -2.40. The summed E-state index contributed by atoms with van der Waals surface area (Å²) in [7, 11) is -3.33. The van der Waals surface area contributed by atoms with Gasteiger partial charge in [-0.1, -0.05) is 38.0 Å². The number of hydrogen-bond acceptors (Lipinski definition) is 6. The Labute approximate surface area is 259 Å². The molecule has 0 aromatic heterocycles. The molecule has 5 N–H and O–H groups in total. The highest BCUT2D eigenvalue weighted by atomic mass is 35.5. The predicted octanol–water partition coefficient (Wildman–Crippen LogP) is 5.72. The third kappa shape index (κ3) is 10.8. The fourth-order valence-electron chi connectivity index (χ4n) is 5.12. The molecule has 0 aliphatic carbocycles. The van der Waals surface area contributed by atoms with Gasteiger partial charge in [0.1, 0.15) is 11.5 Å². The van der Waals surface area contributed by atoms with Crippen LogP contribution in [-0.2, 0) is 16.6 Å². The summed E-state index contributed by atoms with van der Waals surface area (Å²) in [6, 6.07) is 21.4. The topological polar surface area (TPSA) is 143 Å². The summed E-state index contributed by atoms with van der Waals surface area (Å²) in [4.78, 5) is 26.6. The zero-order chi connectivity index (χ0) is 30.1. The van der Waals surface area contributed by atoms with Gasteiger partial charge in [0.25, 0.3) is 0 Å². The Hall–Kier alpha value is -3.80. The smallest absolute Gasteiger partial charge is 0.319 e. The van der Waals surface area contributed by atoms with E-state index in [4.69, 9.17) is 10.5 Å². The number of rotatable bonds is 12. The zero-order valence-electron chi connectivity index (χ0n) is 24.4. The predicted molar refractivity (Wildman–Crippen MR) is 173 cm³/mol. The molecule has 2 atom stereocenters. The molecule has 0 radical (unpaired) electrons. The van der Waals surface area contributed by atoms with Crippen LogP contribution in [0, 0.1) is 0 Å². The lowest BCUT2D eigenvalue weighted by Crippen LogP contribution is -2.50. The highest BCUT2D eigenvalue weighted by Crippen LogP contribution is 2.27. The minimum absolute atomic E-state index is 0. The van der Waals surface area contributed by atoms with Gasteiger partial charge < -0.3 is 21.1 Å². The highest BCUT2D eigenvalue weighted by Gasteiger charge is 2.29. The molecule has 1 saturated heterocycles. The SMILES string of the molecule is CCCCC1CC(NC(=O)Nc2cccc(C(N)=O)c2)CCN1Cc1ccc(Oc2ccc(NS(C)(=O)=O)cc2)cc1.Cl. The molecule has 3 aromatic carbocycles. The maximum Gasteiger partial charge on any atom is 0.319 e. The summed E-state index contributed by atoms with van der Waals surface area (Å²) < 4.78 is 31.2. The number of likely N-dealkylation sites (tertiary alicyclic amines) is 1. The van der Waals surface area contributed by atoms with Crippen molar-refractivity contribution in [3.05, 3.63) is 83.9 Å².